The number of rotatable bonds is 6. The molecule has 0 bridgehead atoms. The number of nitrogens with one attached hydrogen (secondary N) is 2. The van der Waals surface area contributed by atoms with E-state index in [9.17, 15) is 4.79 Å². The molecule has 1 amide bonds. The predicted octanol–water partition coefficient (Wildman–Crippen LogP) is 2.29. The van der Waals surface area contributed by atoms with Gasteiger partial charge in [0.15, 0.2) is 11.5 Å². The highest BCUT2D eigenvalue weighted by molar-refractivity contribution is 6.30. The molecule has 27 heavy (non-hydrogen) atoms. The molecule has 3 rings (SSSR count). The Kier molecular flexibility index (Phi) is 6.24. The van der Waals surface area contributed by atoms with Gasteiger partial charge < -0.3 is 19.7 Å². The van der Waals surface area contributed by atoms with Gasteiger partial charge in [-0.05, 0) is 42.8 Å². The van der Waals surface area contributed by atoms with Crippen molar-refractivity contribution in [3.8, 4) is 11.5 Å². The number of carbonyl (C=O) groups excluding carboxylic acids is 1. The van der Waals surface area contributed by atoms with Gasteiger partial charge >= 0.3 is 0 Å². The zero-order valence-corrected chi connectivity index (χ0v) is 16.7. The summed E-state index contributed by atoms with van der Waals surface area (Å²) in [5.74, 6) is 1.36. The second-order valence-electron chi connectivity index (χ2n) is 6.69. The number of fused-ring (bicyclic) bond motifs is 1. The first-order valence-electron chi connectivity index (χ1n) is 9.20. The zero-order chi connectivity index (χ0) is 19.4. The molecule has 1 aliphatic rings. The molecule has 2 N–H and O–H groups in total. The van der Waals surface area contributed by atoms with E-state index in [-0.39, 0.29) is 11.9 Å². The van der Waals surface area contributed by atoms with Crippen molar-refractivity contribution in [1.29, 1.82) is 0 Å². The number of likely N-dealkylation sites (N-methyl/N-ethyl adjacent to an activating group) is 1. The molecule has 0 radical (unpaired) electrons. The van der Waals surface area contributed by atoms with Gasteiger partial charge in [-0.3, -0.25) is 4.79 Å². The van der Waals surface area contributed by atoms with Gasteiger partial charge in [-0.15, -0.1) is 0 Å². The summed E-state index contributed by atoms with van der Waals surface area (Å²) in [7, 11) is 3.30. The SMILES string of the molecule is CC[NH+]1CCc2cc(OC)c(OC)cc2[C@H]1CNC(=O)c1cccc(Cl)c1. The van der Waals surface area contributed by atoms with Gasteiger partial charge in [0.05, 0.1) is 33.9 Å². The van der Waals surface area contributed by atoms with Crippen molar-refractivity contribution in [3.63, 3.8) is 0 Å². The number of ether oxygens (including phenoxy) is 2. The minimum atomic E-state index is -0.111. The van der Waals surface area contributed by atoms with Crippen molar-refractivity contribution in [3.05, 3.63) is 58.1 Å². The van der Waals surface area contributed by atoms with E-state index in [1.54, 1.807) is 38.5 Å². The van der Waals surface area contributed by atoms with Crippen molar-refractivity contribution < 1.29 is 19.2 Å². The average molecular weight is 390 g/mol. The normalized spacial score (nSPS) is 18.5. The van der Waals surface area contributed by atoms with Crippen LogP contribution < -0.4 is 19.7 Å². The number of benzene rings is 2. The lowest BCUT2D eigenvalue weighted by Gasteiger charge is -2.34. The Morgan fingerprint density at radius 2 is 1.96 bits per heavy atom. The van der Waals surface area contributed by atoms with Crippen molar-refractivity contribution >= 4 is 17.5 Å². The summed E-state index contributed by atoms with van der Waals surface area (Å²) in [6, 6.07) is 11.3. The number of carbonyl (C=O) groups is 1. The summed E-state index contributed by atoms with van der Waals surface area (Å²) >= 11 is 6.00. The highest BCUT2D eigenvalue weighted by Gasteiger charge is 2.31. The lowest BCUT2D eigenvalue weighted by molar-refractivity contribution is -0.930. The fourth-order valence-corrected chi connectivity index (χ4v) is 3.96. The molecule has 0 saturated carbocycles. The van der Waals surface area contributed by atoms with Gasteiger partial charge in [-0.2, -0.15) is 0 Å². The van der Waals surface area contributed by atoms with Crippen LogP contribution >= 0.6 is 11.6 Å². The van der Waals surface area contributed by atoms with E-state index < -0.39 is 0 Å². The molecule has 1 aliphatic heterocycles. The molecule has 0 saturated heterocycles. The monoisotopic (exact) mass is 389 g/mol. The number of amides is 1. The molecule has 2 aromatic carbocycles. The van der Waals surface area contributed by atoms with Crippen LogP contribution in [0.3, 0.4) is 0 Å². The van der Waals surface area contributed by atoms with Crippen LogP contribution in [0.25, 0.3) is 0 Å². The average Bonchev–Trinajstić information content (AvgIpc) is 2.70. The molecule has 144 valence electrons. The van der Waals surface area contributed by atoms with Gasteiger partial charge in [-0.1, -0.05) is 17.7 Å². The minimum absolute atomic E-state index is 0.111. The fraction of sp³-hybridized carbons (Fsp3) is 0.381. The van der Waals surface area contributed by atoms with E-state index in [2.05, 4.69) is 24.4 Å². The number of methoxy groups -OCH3 is 2. The summed E-state index contributed by atoms with van der Waals surface area (Å²) in [5, 5.41) is 3.64. The highest BCUT2D eigenvalue weighted by atomic mass is 35.5. The third-order valence-corrected chi connectivity index (χ3v) is 5.47. The molecule has 5 nitrogen and oxygen atoms in total. The Morgan fingerprint density at radius 3 is 2.63 bits per heavy atom. The van der Waals surface area contributed by atoms with Crippen molar-refractivity contribution in [2.75, 3.05) is 33.9 Å². The van der Waals surface area contributed by atoms with Gasteiger partial charge in [0.1, 0.15) is 6.04 Å². The maximum Gasteiger partial charge on any atom is 0.251 e. The Morgan fingerprint density at radius 1 is 1.22 bits per heavy atom. The summed E-state index contributed by atoms with van der Waals surface area (Å²) in [4.78, 5) is 14.0. The molecule has 0 aliphatic carbocycles. The van der Waals surface area contributed by atoms with Gasteiger partial charge in [0, 0.05) is 22.6 Å². The number of hydrogen-bond acceptors (Lipinski definition) is 3. The predicted molar refractivity (Wildman–Crippen MR) is 106 cm³/mol. The Bertz CT molecular complexity index is 825. The topological polar surface area (TPSA) is 52.0 Å². The van der Waals surface area contributed by atoms with Crippen LogP contribution in [0.2, 0.25) is 5.02 Å². The first-order chi connectivity index (χ1) is 13.1. The van der Waals surface area contributed by atoms with Crippen LogP contribution in [0.15, 0.2) is 36.4 Å². The first-order valence-corrected chi connectivity index (χ1v) is 9.58. The fourth-order valence-electron chi connectivity index (χ4n) is 3.77. The van der Waals surface area contributed by atoms with Gasteiger partial charge in [-0.25, -0.2) is 0 Å². The van der Waals surface area contributed by atoms with Crippen LogP contribution in [0, 0.1) is 0 Å². The van der Waals surface area contributed by atoms with Crippen LogP contribution in [-0.4, -0.2) is 39.8 Å². The largest absolute Gasteiger partial charge is 0.493 e. The molecule has 0 fully saturated rings. The molecule has 6 heteroatoms. The Hall–Kier alpha value is -2.24. The lowest BCUT2D eigenvalue weighted by Crippen LogP contribution is -3.13. The molecule has 0 spiro atoms. The third kappa shape index (κ3) is 4.20. The molecule has 2 aromatic rings. The van der Waals surface area contributed by atoms with E-state index in [0.717, 1.165) is 31.0 Å². The standard InChI is InChI=1S/C21H25ClN2O3/c1-4-24-9-8-14-11-19(26-2)20(27-3)12-17(14)18(24)13-23-21(25)15-6-5-7-16(22)10-15/h5-7,10-12,18H,4,8-9,13H2,1-3H3,(H,23,25)/p+1/t18-/m1/s1. The highest BCUT2D eigenvalue weighted by Crippen LogP contribution is 2.34. The van der Waals surface area contributed by atoms with Gasteiger partial charge in [0.25, 0.3) is 5.91 Å². The first kappa shape index (κ1) is 19.5. The van der Waals surface area contributed by atoms with Crippen molar-refractivity contribution in [2.45, 2.75) is 19.4 Å². The van der Waals surface area contributed by atoms with E-state index >= 15 is 0 Å². The van der Waals surface area contributed by atoms with E-state index in [0.29, 0.717) is 17.1 Å². The van der Waals surface area contributed by atoms with E-state index in [1.807, 2.05) is 0 Å². The minimum Gasteiger partial charge on any atom is -0.493 e. The smallest absolute Gasteiger partial charge is 0.251 e. The lowest BCUT2D eigenvalue weighted by atomic mass is 9.91. The van der Waals surface area contributed by atoms with Crippen LogP contribution in [0.4, 0.5) is 0 Å². The van der Waals surface area contributed by atoms with E-state index in [1.165, 1.54) is 16.0 Å². The van der Waals surface area contributed by atoms with Crippen molar-refractivity contribution in [1.82, 2.24) is 5.32 Å². The Balaban J connectivity index is 1.84. The number of halogens is 1. The summed E-state index contributed by atoms with van der Waals surface area (Å²) < 4.78 is 10.9. The molecule has 1 heterocycles. The number of quaternary nitrogens is 1. The third-order valence-electron chi connectivity index (χ3n) is 5.24. The molecule has 0 aromatic heterocycles. The summed E-state index contributed by atoms with van der Waals surface area (Å²) in [6.45, 7) is 4.74. The second-order valence-corrected chi connectivity index (χ2v) is 7.13. The maximum absolute atomic E-state index is 12.5. The molecular formula is C21H26ClN2O3+. The second kappa shape index (κ2) is 8.63. The maximum atomic E-state index is 12.5. The Labute approximate surface area is 165 Å². The number of hydrogen-bond donors (Lipinski definition) is 2. The zero-order valence-electron chi connectivity index (χ0n) is 16.0. The van der Waals surface area contributed by atoms with E-state index in [4.69, 9.17) is 21.1 Å². The molecule has 1 unspecified atom stereocenters. The van der Waals surface area contributed by atoms with Gasteiger partial charge in [0.2, 0.25) is 0 Å². The quantitative estimate of drug-likeness (QED) is 0.797. The summed E-state index contributed by atoms with van der Waals surface area (Å²) in [6.07, 6.45) is 0.984. The summed E-state index contributed by atoms with van der Waals surface area (Å²) in [5.41, 5.74) is 3.04. The van der Waals surface area contributed by atoms with Crippen LogP contribution in [0.5, 0.6) is 11.5 Å². The molecule has 2 atom stereocenters. The van der Waals surface area contributed by atoms with Crippen LogP contribution in [-0.2, 0) is 6.42 Å². The van der Waals surface area contributed by atoms with Crippen LogP contribution in [0.1, 0.15) is 34.5 Å². The van der Waals surface area contributed by atoms with Crippen molar-refractivity contribution in [2.24, 2.45) is 0 Å². The molecular weight excluding hydrogens is 364 g/mol.